The average molecular weight is 279 g/mol. The van der Waals surface area contributed by atoms with Crippen molar-refractivity contribution in [3.63, 3.8) is 0 Å². The molecule has 0 aliphatic heterocycles. The quantitative estimate of drug-likeness (QED) is 0.249. The van der Waals surface area contributed by atoms with Crippen molar-refractivity contribution in [1.82, 2.24) is 0 Å². The van der Waals surface area contributed by atoms with Crippen molar-refractivity contribution < 1.29 is 14.7 Å². The molecule has 0 unspecified atom stereocenters. The summed E-state index contributed by atoms with van der Waals surface area (Å²) in [6, 6.07) is 9.26. The smallest absolute Gasteiger partial charge is 0.252 e. The number of hydrogen-bond donors (Lipinski definition) is 2. The van der Waals surface area contributed by atoms with Gasteiger partial charge in [0.15, 0.2) is 0 Å². The number of nitrogens with zero attached hydrogens (tertiary/aromatic N) is 2. The molecule has 1 aromatic rings. The molecule has 0 spiro atoms. The summed E-state index contributed by atoms with van der Waals surface area (Å²) in [4.78, 5) is 13.8. The molecule has 0 fully saturated rings. The van der Waals surface area contributed by atoms with E-state index in [-0.39, 0.29) is 18.3 Å². The van der Waals surface area contributed by atoms with Crippen LogP contribution >= 0.6 is 0 Å². The Bertz CT molecular complexity index is 435. The van der Waals surface area contributed by atoms with Crippen LogP contribution in [0.2, 0.25) is 0 Å². The molecule has 0 aromatic heterocycles. The lowest BCUT2D eigenvalue weighted by Crippen LogP contribution is -2.36. The first kappa shape index (κ1) is 16.0. The van der Waals surface area contributed by atoms with Gasteiger partial charge in [0.25, 0.3) is 5.91 Å². The van der Waals surface area contributed by atoms with E-state index in [1.54, 1.807) is 4.90 Å². The number of rotatable bonds is 8. The molecule has 0 saturated carbocycles. The van der Waals surface area contributed by atoms with Crippen LogP contribution in [-0.2, 0) is 9.53 Å². The number of hydrogen-bond acceptors (Lipinski definition) is 4. The lowest BCUT2D eigenvalue weighted by atomic mass is 10.2. The summed E-state index contributed by atoms with van der Waals surface area (Å²) >= 11 is 0. The molecule has 3 N–H and O–H groups in total. The second-order valence-electron chi connectivity index (χ2n) is 4.27. The number of carbonyl (C=O) groups excluding carboxylic acids is 1. The molecule has 1 amide bonds. The number of carbonyl (C=O) groups is 1. The maximum atomic E-state index is 12.2. The highest BCUT2D eigenvalue weighted by Gasteiger charge is 2.15. The van der Waals surface area contributed by atoms with Crippen molar-refractivity contribution in [2.75, 3.05) is 24.7 Å². The highest BCUT2D eigenvalue weighted by molar-refractivity contribution is 5.95. The molecule has 1 rings (SSSR count). The first-order valence-electron chi connectivity index (χ1n) is 6.58. The van der Waals surface area contributed by atoms with Crippen LogP contribution < -0.4 is 10.6 Å². The highest BCUT2D eigenvalue weighted by Crippen LogP contribution is 2.14. The fraction of sp³-hybridized carbons (Fsp3) is 0.429. The molecular weight excluding hydrogens is 258 g/mol. The Morgan fingerprint density at radius 3 is 2.70 bits per heavy atom. The van der Waals surface area contributed by atoms with Crippen molar-refractivity contribution in [2.45, 2.75) is 19.8 Å². The van der Waals surface area contributed by atoms with Gasteiger partial charge in [-0.1, -0.05) is 30.3 Å². The lowest BCUT2D eigenvalue weighted by molar-refractivity contribution is -0.123. The maximum absolute atomic E-state index is 12.2. The summed E-state index contributed by atoms with van der Waals surface area (Å²) in [7, 11) is 0. The van der Waals surface area contributed by atoms with Crippen LogP contribution in [0.15, 0.2) is 35.5 Å². The molecule has 20 heavy (non-hydrogen) atoms. The molecule has 6 heteroatoms. The van der Waals surface area contributed by atoms with Crippen molar-refractivity contribution in [1.29, 1.82) is 0 Å². The van der Waals surface area contributed by atoms with E-state index < -0.39 is 0 Å². The zero-order valence-corrected chi connectivity index (χ0v) is 11.7. The Balaban J connectivity index is 2.71. The number of benzene rings is 1. The van der Waals surface area contributed by atoms with Crippen LogP contribution in [0.5, 0.6) is 0 Å². The first-order chi connectivity index (χ1) is 9.69. The lowest BCUT2D eigenvalue weighted by Gasteiger charge is -2.22. The normalized spacial score (nSPS) is 11.3. The topological polar surface area (TPSA) is 88.2 Å². The van der Waals surface area contributed by atoms with Gasteiger partial charge in [-0.2, -0.15) is 0 Å². The molecular formula is C14H21N3O3. The van der Waals surface area contributed by atoms with Gasteiger partial charge in [0.2, 0.25) is 0 Å². The minimum Gasteiger partial charge on any atom is -0.409 e. The second-order valence-corrected chi connectivity index (χ2v) is 4.27. The van der Waals surface area contributed by atoms with Crippen molar-refractivity contribution in [3.05, 3.63) is 30.3 Å². The van der Waals surface area contributed by atoms with Gasteiger partial charge in [-0.05, 0) is 18.6 Å². The Hall–Kier alpha value is -2.08. The number of anilines is 1. The predicted octanol–water partition coefficient (Wildman–Crippen LogP) is 1.58. The van der Waals surface area contributed by atoms with Gasteiger partial charge < -0.3 is 20.6 Å². The van der Waals surface area contributed by atoms with Gasteiger partial charge in [-0.15, -0.1) is 0 Å². The number of ether oxygens (including phenoxy) is 1. The highest BCUT2D eigenvalue weighted by atomic mass is 16.5. The molecule has 110 valence electrons. The number of oxime groups is 1. The minimum absolute atomic E-state index is 0.0267. The van der Waals surface area contributed by atoms with E-state index in [1.807, 2.05) is 37.3 Å². The maximum Gasteiger partial charge on any atom is 0.252 e. The van der Waals surface area contributed by atoms with Crippen molar-refractivity contribution in [3.8, 4) is 0 Å². The largest absolute Gasteiger partial charge is 0.409 e. The summed E-state index contributed by atoms with van der Waals surface area (Å²) in [6.45, 7) is 2.90. The summed E-state index contributed by atoms with van der Waals surface area (Å²) in [5, 5.41) is 11.5. The molecule has 0 radical (unpaired) electrons. The first-order valence-corrected chi connectivity index (χ1v) is 6.58. The van der Waals surface area contributed by atoms with E-state index in [0.717, 1.165) is 12.1 Å². The van der Waals surface area contributed by atoms with E-state index in [2.05, 4.69) is 5.16 Å². The third-order valence-electron chi connectivity index (χ3n) is 2.66. The number of amides is 1. The van der Waals surface area contributed by atoms with E-state index in [1.165, 1.54) is 0 Å². The van der Waals surface area contributed by atoms with Gasteiger partial charge in [0.05, 0.1) is 0 Å². The average Bonchev–Trinajstić information content (AvgIpc) is 2.48. The van der Waals surface area contributed by atoms with Gasteiger partial charge in [0, 0.05) is 25.3 Å². The summed E-state index contributed by atoms with van der Waals surface area (Å²) in [6.07, 6.45) is 1.16. The summed E-state index contributed by atoms with van der Waals surface area (Å²) in [5.41, 5.74) is 6.22. The standard InChI is InChI=1S/C14H21N3O3/c1-2-10-20-11-14(18)17(9-8-13(15)16-19)12-6-4-3-5-7-12/h3-7,19H,2,8-11H2,1H3,(H2,15,16). The van der Waals surface area contributed by atoms with Gasteiger partial charge >= 0.3 is 0 Å². The fourth-order valence-corrected chi connectivity index (χ4v) is 1.66. The molecule has 0 heterocycles. The molecule has 1 aromatic carbocycles. The third kappa shape index (κ3) is 5.27. The van der Waals surface area contributed by atoms with Crippen LogP contribution in [0, 0.1) is 0 Å². The van der Waals surface area contributed by atoms with E-state index in [0.29, 0.717) is 19.6 Å². The molecule has 0 aliphatic carbocycles. The minimum atomic E-state index is -0.143. The van der Waals surface area contributed by atoms with Crippen LogP contribution in [0.1, 0.15) is 19.8 Å². The zero-order chi connectivity index (χ0) is 14.8. The van der Waals surface area contributed by atoms with Crippen molar-refractivity contribution in [2.24, 2.45) is 10.9 Å². The van der Waals surface area contributed by atoms with Crippen LogP contribution in [0.25, 0.3) is 0 Å². The fourth-order valence-electron chi connectivity index (χ4n) is 1.66. The third-order valence-corrected chi connectivity index (χ3v) is 2.66. The number of amidine groups is 1. The summed E-state index contributed by atoms with van der Waals surface area (Å²) < 4.78 is 5.28. The van der Waals surface area contributed by atoms with Crippen molar-refractivity contribution >= 4 is 17.4 Å². The molecule has 0 bridgehead atoms. The van der Waals surface area contributed by atoms with Gasteiger partial charge in [-0.25, -0.2) is 0 Å². The molecule has 6 nitrogen and oxygen atoms in total. The molecule has 0 atom stereocenters. The molecule has 0 aliphatic rings. The van der Waals surface area contributed by atoms with Crippen LogP contribution in [-0.4, -0.2) is 36.7 Å². The van der Waals surface area contributed by atoms with Gasteiger partial charge in [0.1, 0.15) is 12.4 Å². The zero-order valence-electron chi connectivity index (χ0n) is 11.7. The van der Waals surface area contributed by atoms with E-state index in [4.69, 9.17) is 15.7 Å². The molecule has 0 saturated heterocycles. The number of nitrogens with two attached hydrogens (primary N) is 1. The monoisotopic (exact) mass is 279 g/mol. The SMILES string of the molecule is CCCOCC(=O)N(CC/C(N)=N/O)c1ccccc1. The van der Waals surface area contributed by atoms with Crippen LogP contribution in [0.4, 0.5) is 5.69 Å². The second kappa shape index (κ2) is 8.92. The Labute approximate surface area is 118 Å². The van der Waals surface area contributed by atoms with E-state index in [9.17, 15) is 4.79 Å². The van der Waals surface area contributed by atoms with Gasteiger partial charge in [-0.3, -0.25) is 4.79 Å². The Morgan fingerprint density at radius 1 is 1.40 bits per heavy atom. The predicted molar refractivity (Wildman–Crippen MR) is 77.9 cm³/mol. The van der Waals surface area contributed by atoms with E-state index >= 15 is 0 Å². The van der Waals surface area contributed by atoms with Crippen LogP contribution in [0.3, 0.4) is 0 Å². The number of para-hydroxylation sites is 1. The Kier molecular flexibility index (Phi) is 7.13. The summed E-state index contributed by atoms with van der Waals surface area (Å²) in [5.74, 6) is -0.0522. The Morgan fingerprint density at radius 2 is 2.10 bits per heavy atom.